The SMILES string of the molecule is CCc1cccc(Oc2c(Cl)cccc2CBr)c1. The van der Waals surface area contributed by atoms with Gasteiger partial charge in [-0.05, 0) is 30.2 Å². The molecule has 0 aromatic heterocycles. The molecule has 2 aromatic carbocycles. The molecule has 0 spiro atoms. The first kappa shape index (κ1) is 13.4. The van der Waals surface area contributed by atoms with Gasteiger partial charge in [0.15, 0.2) is 0 Å². The summed E-state index contributed by atoms with van der Waals surface area (Å²) in [7, 11) is 0. The van der Waals surface area contributed by atoms with Gasteiger partial charge in [-0.2, -0.15) is 0 Å². The number of ether oxygens (including phenoxy) is 1. The highest BCUT2D eigenvalue weighted by Gasteiger charge is 2.08. The van der Waals surface area contributed by atoms with E-state index in [9.17, 15) is 0 Å². The van der Waals surface area contributed by atoms with Crippen LogP contribution < -0.4 is 4.74 Å². The molecule has 0 saturated carbocycles. The summed E-state index contributed by atoms with van der Waals surface area (Å²) in [6.07, 6.45) is 0.991. The smallest absolute Gasteiger partial charge is 0.150 e. The van der Waals surface area contributed by atoms with Gasteiger partial charge in [-0.3, -0.25) is 0 Å². The minimum atomic E-state index is 0.633. The van der Waals surface area contributed by atoms with Crippen LogP contribution in [-0.2, 0) is 11.8 Å². The lowest BCUT2D eigenvalue weighted by Crippen LogP contribution is -1.91. The maximum absolute atomic E-state index is 6.19. The van der Waals surface area contributed by atoms with Crippen molar-refractivity contribution in [3.05, 3.63) is 58.6 Å². The summed E-state index contributed by atoms with van der Waals surface area (Å²) >= 11 is 9.63. The van der Waals surface area contributed by atoms with Crippen molar-refractivity contribution in [1.82, 2.24) is 0 Å². The summed E-state index contributed by atoms with van der Waals surface area (Å²) in [5.41, 5.74) is 2.30. The van der Waals surface area contributed by atoms with Gasteiger partial charge in [0.1, 0.15) is 11.5 Å². The maximum Gasteiger partial charge on any atom is 0.150 e. The van der Waals surface area contributed by atoms with Crippen LogP contribution in [-0.4, -0.2) is 0 Å². The Hall–Kier alpha value is -0.990. The average Bonchev–Trinajstić information content (AvgIpc) is 2.41. The Bertz CT molecular complexity index is 540. The molecule has 0 radical (unpaired) electrons. The Morgan fingerprint density at radius 1 is 1.17 bits per heavy atom. The van der Waals surface area contributed by atoms with E-state index < -0.39 is 0 Å². The van der Waals surface area contributed by atoms with E-state index in [4.69, 9.17) is 16.3 Å². The van der Waals surface area contributed by atoms with Crippen LogP contribution >= 0.6 is 27.5 Å². The first-order valence-electron chi connectivity index (χ1n) is 5.84. The zero-order valence-electron chi connectivity index (χ0n) is 10.1. The summed E-state index contributed by atoms with van der Waals surface area (Å²) in [6, 6.07) is 13.8. The molecule has 0 aliphatic heterocycles. The van der Waals surface area contributed by atoms with Crippen LogP contribution in [0.5, 0.6) is 11.5 Å². The van der Waals surface area contributed by atoms with Crippen LogP contribution in [0.3, 0.4) is 0 Å². The Kier molecular flexibility index (Phi) is 4.67. The summed E-state index contributed by atoms with van der Waals surface area (Å²) in [5.74, 6) is 1.55. The molecule has 0 saturated heterocycles. The molecule has 0 N–H and O–H groups in total. The molecule has 3 heteroatoms. The molecule has 0 fully saturated rings. The van der Waals surface area contributed by atoms with Crippen molar-refractivity contribution in [1.29, 1.82) is 0 Å². The summed E-state index contributed by atoms with van der Waals surface area (Å²) in [5, 5.41) is 1.35. The molecule has 0 amide bonds. The van der Waals surface area contributed by atoms with E-state index in [0.717, 1.165) is 28.8 Å². The van der Waals surface area contributed by atoms with Crippen LogP contribution in [0.4, 0.5) is 0 Å². The van der Waals surface area contributed by atoms with E-state index in [-0.39, 0.29) is 0 Å². The van der Waals surface area contributed by atoms with Gasteiger partial charge < -0.3 is 4.74 Å². The van der Waals surface area contributed by atoms with Crippen LogP contribution in [0, 0.1) is 0 Å². The lowest BCUT2D eigenvalue weighted by Gasteiger charge is -2.12. The number of alkyl halides is 1. The predicted molar refractivity (Wildman–Crippen MR) is 80.0 cm³/mol. The second kappa shape index (κ2) is 6.26. The number of halogens is 2. The molecule has 94 valence electrons. The lowest BCUT2D eigenvalue weighted by atomic mass is 10.1. The van der Waals surface area contributed by atoms with Gasteiger partial charge >= 0.3 is 0 Å². The van der Waals surface area contributed by atoms with Gasteiger partial charge in [-0.1, -0.05) is 58.7 Å². The van der Waals surface area contributed by atoms with Gasteiger partial charge in [0, 0.05) is 10.9 Å². The highest BCUT2D eigenvalue weighted by molar-refractivity contribution is 9.08. The molecule has 0 heterocycles. The zero-order valence-corrected chi connectivity index (χ0v) is 12.5. The van der Waals surface area contributed by atoms with E-state index in [1.165, 1.54) is 5.56 Å². The molecule has 1 nitrogen and oxygen atoms in total. The average molecular weight is 326 g/mol. The molecule has 0 bridgehead atoms. The second-order valence-corrected chi connectivity index (χ2v) is 4.93. The van der Waals surface area contributed by atoms with E-state index in [0.29, 0.717) is 5.02 Å². The molecule has 0 unspecified atom stereocenters. The highest BCUT2D eigenvalue weighted by Crippen LogP contribution is 2.34. The van der Waals surface area contributed by atoms with E-state index in [1.54, 1.807) is 0 Å². The maximum atomic E-state index is 6.19. The normalized spacial score (nSPS) is 10.4. The van der Waals surface area contributed by atoms with Crippen molar-refractivity contribution in [2.45, 2.75) is 18.7 Å². The first-order chi connectivity index (χ1) is 8.74. The molecule has 18 heavy (non-hydrogen) atoms. The van der Waals surface area contributed by atoms with Crippen molar-refractivity contribution in [2.75, 3.05) is 0 Å². The Balaban J connectivity index is 2.33. The number of hydrogen-bond donors (Lipinski definition) is 0. The summed E-state index contributed by atoms with van der Waals surface area (Å²) in [4.78, 5) is 0. The quantitative estimate of drug-likeness (QED) is 0.666. The summed E-state index contributed by atoms with van der Waals surface area (Å²) in [6.45, 7) is 2.12. The monoisotopic (exact) mass is 324 g/mol. The molecule has 2 aromatic rings. The van der Waals surface area contributed by atoms with E-state index in [2.05, 4.69) is 28.9 Å². The number of hydrogen-bond acceptors (Lipinski definition) is 1. The molecule has 0 atom stereocenters. The third-order valence-corrected chi connectivity index (χ3v) is 3.62. The van der Waals surface area contributed by atoms with E-state index >= 15 is 0 Å². The molecule has 2 rings (SSSR count). The minimum absolute atomic E-state index is 0.633. The molecule has 0 aliphatic rings. The third-order valence-electron chi connectivity index (χ3n) is 2.72. The first-order valence-corrected chi connectivity index (χ1v) is 7.34. The molecular weight excluding hydrogens is 312 g/mol. The highest BCUT2D eigenvalue weighted by atomic mass is 79.9. The number of para-hydroxylation sites is 1. The fraction of sp³-hybridized carbons (Fsp3) is 0.200. The standard InChI is InChI=1S/C15H14BrClO/c1-2-11-5-3-7-13(9-11)18-15-12(10-16)6-4-8-14(15)17/h3-9H,2,10H2,1H3. The van der Waals surface area contributed by atoms with E-state index in [1.807, 2.05) is 36.4 Å². The topological polar surface area (TPSA) is 9.23 Å². The minimum Gasteiger partial charge on any atom is -0.455 e. The zero-order chi connectivity index (χ0) is 13.0. The Morgan fingerprint density at radius 3 is 2.67 bits per heavy atom. The van der Waals surface area contributed by atoms with Crippen molar-refractivity contribution >= 4 is 27.5 Å². The third kappa shape index (κ3) is 3.06. The lowest BCUT2D eigenvalue weighted by molar-refractivity contribution is 0.478. The van der Waals surface area contributed by atoms with Gasteiger partial charge in [0.25, 0.3) is 0 Å². The largest absolute Gasteiger partial charge is 0.455 e. The second-order valence-electron chi connectivity index (χ2n) is 3.96. The van der Waals surface area contributed by atoms with Crippen LogP contribution in [0.2, 0.25) is 5.02 Å². The van der Waals surface area contributed by atoms with Crippen LogP contribution in [0.25, 0.3) is 0 Å². The summed E-state index contributed by atoms with van der Waals surface area (Å²) < 4.78 is 5.91. The molecule has 0 aliphatic carbocycles. The predicted octanol–water partition coefficient (Wildman–Crippen LogP) is 5.59. The number of rotatable bonds is 4. The number of aryl methyl sites for hydroxylation is 1. The van der Waals surface area contributed by atoms with Crippen molar-refractivity contribution in [2.24, 2.45) is 0 Å². The Labute approximate surface area is 121 Å². The van der Waals surface area contributed by atoms with Gasteiger partial charge in [-0.15, -0.1) is 0 Å². The van der Waals surface area contributed by atoms with Gasteiger partial charge in [0.05, 0.1) is 5.02 Å². The van der Waals surface area contributed by atoms with Crippen molar-refractivity contribution in [3.8, 4) is 11.5 Å². The van der Waals surface area contributed by atoms with Crippen LogP contribution in [0.1, 0.15) is 18.1 Å². The molecular formula is C15H14BrClO. The van der Waals surface area contributed by atoms with Gasteiger partial charge in [-0.25, -0.2) is 0 Å². The number of benzene rings is 2. The van der Waals surface area contributed by atoms with Crippen LogP contribution in [0.15, 0.2) is 42.5 Å². The fourth-order valence-electron chi connectivity index (χ4n) is 1.72. The van der Waals surface area contributed by atoms with Crippen molar-refractivity contribution in [3.63, 3.8) is 0 Å². The van der Waals surface area contributed by atoms with Crippen molar-refractivity contribution < 1.29 is 4.74 Å². The fourth-order valence-corrected chi connectivity index (χ4v) is 2.39. The Morgan fingerprint density at radius 2 is 1.94 bits per heavy atom. The van der Waals surface area contributed by atoms with Gasteiger partial charge in [0.2, 0.25) is 0 Å².